The number of rotatable bonds is 5. The molecule has 1 aromatic heterocycles. The lowest BCUT2D eigenvalue weighted by atomic mass is 10.2. The number of aromatic nitrogens is 2. The van der Waals surface area contributed by atoms with Crippen LogP contribution in [-0.2, 0) is 13.6 Å². The fourth-order valence-corrected chi connectivity index (χ4v) is 2.76. The SMILES string of the molecule is CC(C)NCc1ccc(Sc2nccn2C)cc1Cl. The Kier molecular flexibility index (Phi) is 4.91. The fraction of sp³-hybridized carbons (Fsp3) is 0.357. The van der Waals surface area contributed by atoms with Gasteiger partial charge in [0.25, 0.3) is 0 Å². The lowest BCUT2D eigenvalue weighted by molar-refractivity contribution is 0.589. The van der Waals surface area contributed by atoms with E-state index in [2.05, 4.69) is 36.3 Å². The molecule has 1 aromatic carbocycles. The summed E-state index contributed by atoms with van der Waals surface area (Å²) >= 11 is 7.93. The number of halogens is 1. The van der Waals surface area contributed by atoms with Gasteiger partial charge in [0.1, 0.15) is 0 Å². The lowest BCUT2D eigenvalue weighted by Gasteiger charge is -2.10. The largest absolute Gasteiger partial charge is 0.329 e. The average Bonchev–Trinajstić information content (AvgIpc) is 2.74. The summed E-state index contributed by atoms with van der Waals surface area (Å²) in [6.45, 7) is 5.04. The van der Waals surface area contributed by atoms with Crippen LogP contribution in [-0.4, -0.2) is 15.6 Å². The zero-order valence-corrected chi connectivity index (χ0v) is 12.9. The first-order chi connectivity index (χ1) is 9.06. The molecule has 19 heavy (non-hydrogen) atoms. The second kappa shape index (κ2) is 6.46. The summed E-state index contributed by atoms with van der Waals surface area (Å²) in [4.78, 5) is 5.40. The molecule has 3 nitrogen and oxygen atoms in total. The second-order valence-corrected chi connectivity index (χ2v) is 6.16. The van der Waals surface area contributed by atoms with E-state index in [1.807, 2.05) is 23.9 Å². The number of benzene rings is 1. The van der Waals surface area contributed by atoms with E-state index >= 15 is 0 Å². The molecule has 0 bridgehead atoms. The van der Waals surface area contributed by atoms with Gasteiger partial charge in [-0.1, -0.05) is 43.3 Å². The van der Waals surface area contributed by atoms with Crippen LogP contribution in [0.3, 0.4) is 0 Å². The first-order valence-electron chi connectivity index (χ1n) is 6.23. The molecule has 0 atom stereocenters. The monoisotopic (exact) mass is 295 g/mol. The van der Waals surface area contributed by atoms with Crippen molar-refractivity contribution < 1.29 is 0 Å². The highest BCUT2D eigenvalue weighted by Gasteiger charge is 2.06. The molecule has 0 spiro atoms. The van der Waals surface area contributed by atoms with Crippen LogP contribution in [0.2, 0.25) is 5.02 Å². The van der Waals surface area contributed by atoms with Gasteiger partial charge in [-0.05, 0) is 17.7 Å². The van der Waals surface area contributed by atoms with Crippen LogP contribution in [0.5, 0.6) is 0 Å². The van der Waals surface area contributed by atoms with Gasteiger partial charge in [0.2, 0.25) is 0 Å². The van der Waals surface area contributed by atoms with Gasteiger partial charge in [-0.2, -0.15) is 0 Å². The van der Waals surface area contributed by atoms with Crippen LogP contribution in [0, 0.1) is 0 Å². The molecule has 0 fully saturated rings. The molecule has 0 radical (unpaired) electrons. The summed E-state index contributed by atoms with van der Waals surface area (Å²) in [6, 6.07) is 6.61. The molecule has 0 aliphatic heterocycles. The maximum absolute atomic E-state index is 6.31. The Hall–Kier alpha value is -0.970. The van der Waals surface area contributed by atoms with E-state index in [1.54, 1.807) is 18.0 Å². The predicted molar refractivity (Wildman–Crippen MR) is 80.8 cm³/mol. The zero-order valence-electron chi connectivity index (χ0n) is 11.4. The van der Waals surface area contributed by atoms with Crippen molar-refractivity contribution in [1.29, 1.82) is 0 Å². The molecule has 2 aromatic rings. The Morgan fingerprint density at radius 1 is 1.42 bits per heavy atom. The Balaban J connectivity index is 2.08. The first kappa shape index (κ1) is 14.4. The molecular weight excluding hydrogens is 278 g/mol. The summed E-state index contributed by atoms with van der Waals surface area (Å²) in [6.07, 6.45) is 3.73. The van der Waals surface area contributed by atoms with Gasteiger partial charge < -0.3 is 9.88 Å². The van der Waals surface area contributed by atoms with E-state index in [0.29, 0.717) is 6.04 Å². The zero-order chi connectivity index (χ0) is 13.8. The van der Waals surface area contributed by atoms with Gasteiger partial charge in [-0.3, -0.25) is 0 Å². The highest BCUT2D eigenvalue weighted by atomic mass is 35.5. The molecule has 1 heterocycles. The van der Waals surface area contributed by atoms with Crippen LogP contribution >= 0.6 is 23.4 Å². The number of nitrogens with zero attached hydrogens (tertiary/aromatic N) is 2. The van der Waals surface area contributed by atoms with Crippen LogP contribution in [0.15, 0.2) is 40.6 Å². The molecule has 1 N–H and O–H groups in total. The normalized spacial score (nSPS) is 11.2. The molecule has 0 unspecified atom stereocenters. The van der Waals surface area contributed by atoms with E-state index in [-0.39, 0.29) is 0 Å². The third-order valence-corrected chi connectivity index (χ3v) is 4.13. The third-order valence-electron chi connectivity index (χ3n) is 2.71. The van der Waals surface area contributed by atoms with E-state index in [0.717, 1.165) is 27.2 Å². The van der Waals surface area contributed by atoms with Gasteiger partial charge >= 0.3 is 0 Å². The van der Waals surface area contributed by atoms with Crippen LogP contribution in [0.1, 0.15) is 19.4 Å². The third kappa shape index (κ3) is 4.00. The summed E-state index contributed by atoms with van der Waals surface area (Å²) in [7, 11) is 1.98. The molecule has 5 heteroatoms. The molecule has 102 valence electrons. The minimum Gasteiger partial charge on any atom is -0.329 e. The molecular formula is C14H18ClN3S. The van der Waals surface area contributed by atoms with E-state index in [9.17, 15) is 0 Å². The van der Waals surface area contributed by atoms with Crippen LogP contribution in [0.4, 0.5) is 0 Å². The van der Waals surface area contributed by atoms with Crippen molar-refractivity contribution in [3.63, 3.8) is 0 Å². The summed E-state index contributed by atoms with van der Waals surface area (Å²) in [5.41, 5.74) is 1.12. The molecule has 0 saturated carbocycles. The van der Waals surface area contributed by atoms with Gasteiger partial charge in [0, 0.05) is 41.9 Å². The summed E-state index contributed by atoms with van der Waals surface area (Å²) < 4.78 is 1.99. The van der Waals surface area contributed by atoms with Crippen molar-refractivity contribution in [2.45, 2.75) is 36.5 Å². The maximum Gasteiger partial charge on any atom is 0.172 e. The minimum atomic E-state index is 0.456. The fourth-order valence-electron chi connectivity index (χ4n) is 1.60. The predicted octanol–water partition coefficient (Wildman–Crippen LogP) is 3.72. The van der Waals surface area contributed by atoms with E-state index in [1.165, 1.54) is 0 Å². The highest BCUT2D eigenvalue weighted by molar-refractivity contribution is 7.99. The molecule has 0 saturated heterocycles. The number of nitrogens with one attached hydrogen (secondary N) is 1. The van der Waals surface area contributed by atoms with Crippen molar-refractivity contribution in [2.75, 3.05) is 0 Å². The number of imidazole rings is 1. The second-order valence-electron chi connectivity index (χ2n) is 4.71. The topological polar surface area (TPSA) is 29.9 Å². The van der Waals surface area contributed by atoms with Gasteiger partial charge in [0.15, 0.2) is 5.16 Å². The Morgan fingerprint density at radius 2 is 2.21 bits per heavy atom. The van der Waals surface area contributed by atoms with E-state index < -0.39 is 0 Å². The smallest absolute Gasteiger partial charge is 0.172 e. The molecule has 2 rings (SSSR count). The van der Waals surface area contributed by atoms with Crippen LogP contribution < -0.4 is 5.32 Å². The van der Waals surface area contributed by atoms with Crippen molar-refractivity contribution in [2.24, 2.45) is 7.05 Å². The minimum absolute atomic E-state index is 0.456. The Morgan fingerprint density at radius 3 is 2.79 bits per heavy atom. The maximum atomic E-state index is 6.31. The average molecular weight is 296 g/mol. The Labute approximate surface area is 123 Å². The first-order valence-corrected chi connectivity index (χ1v) is 7.42. The lowest BCUT2D eigenvalue weighted by Crippen LogP contribution is -2.21. The van der Waals surface area contributed by atoms with Gasteiger partial charge in [0.05, 0.1) is 0 Å². The van der Waals surface area contributed by atoms with Gasteiger partial charge in [-0.15, -0.1) is 0 Å². The highest BCUT2D eigenvalue weighted by Crippen LogP contribution is 2.29. The van der Waals surface area contributed by atoms with Crippen molar-refractivity contribution in [3.05, 3.63) is 41.2 Å². The molecule has 0 aliphatic carbocycles. The summed E-state index contributed by atoms with van der Waals surface area (Å²) in [5, 5.41) is 5.13. The van der Waals surface area contributed by atoms with Crippen molar-refractivity contribution >= 4 is 23.4 Å². The molecule has 0 aliphatic rings. The quantitative estimate of drug-likeness (QED) is 0.912. The Bertz CT molecular complexity index is 551. The number of aryl methyl sites for hydroxylation is 1. The number of hydrogen-bond acceptors (Lipinski definition) is 3. The molecule has 0 amide bonds. The van der Waals surface area contributed by atoms with Crippen molar-refractivity contribution in [3.8, 4) is 0 Å². The van der Waals surface area contributed by atoms with Crippen LogP contribution in [0.25, 0.3) is 0 Å². The summed E-state index contributed by atoms with van der Waals surface area (Å²) in [5.74, 6) is 0. The standard InChI is InChI=1S/C14H18ClN3S/c1-10(2)17-9-11-4-5-12(8-13(11)15)19-14-16-6-7-18(14)3/h4-8,10,17H,9H2,1-3H3. The van der Waals surface area contributed by atoms with E-state index in [4.69, 9.17) is 11.6 Å². The van der Waals surface area contributed by atoms with Crippen molar-refractivity contribution in [1.82, 2.24) is 14.9 Å². The van der Waals surface area contributed by atoms with Gasteiger partial charge in [-0.25, -0.2) is 4.98 Å². The number of hydrogen-bond donors (Lipinski definition) is 1.